The van der Waals surface area contributed by atoms with Crippen molar-refractivity contribution in [2.75, 3.05) is 5.43 Å². The van der Waals surface area contributed by atoms with Crippen LogP contribution in [-0.2, 0) is 6.18 Å². The van der Waals surface area contributed by atoms with E-state index < -0.39 is 11.7 Å². The first-order valence-electron chi connectivity index (χ1n) is 6.66. The molecule has 0 fully saturated rings. The molecular weight excluding hydrogens is 331 g/mol. The second kappa shape index (κ2) is 6.87. The number of phenols is 1. The molecular formula is C15H13ClF3N3O. The van der Waals surface area contributed by atoms with Gasteiger partial charge in [0.15, 0.2) is 5.82 Å². The van der Waals surface area contributed by atoms with Crippen molar-refractivity contribution in [2.45, 2.75) is 19.5 Å². The Balaban J connectivity index is 2.22. The summed E-state index contributed by atoms with van der Waals surface area (Å²) in [5, 5.41) is 13.2. The molecule has 4 nitrogen and oxygen atoms in total. The first kappa shape index (κ1) is 17.1. The zero-order chi connectivity index (χ0) is 17.0. The molecule has 0 aliphatic carbocycles. The maximum absolute atomic E-state index is 12.6. The molecule has 122 valence electrons. The van der Waals surface area contributed by atoms with Crippen molar-refractivity contribution >= 4 is 23.1 Å². The highest BCUT2D eigenvalue weighted by atomic mass is 35.5. The molecule has 0 saturated heterocycles. The number of hydrogen-bond acceptors (Lipinski definition) is 4. The highest BCUT2D eigenvalue weighted by molar-refractivity contribution is 6.33. The van der Waals surface area contributed by atoms with Gasteiger partial charge in [-0.2, -0.15) is 18.3 Å². The van der Waals surface area contributed by atoms with Crippen LogP contribution in [0.15, 0.2) is 41.6 Å². The Labute approximate surface area is 135 Å². The van der Waals surface area contributed by atoms with E-state index in [1.165, 1.54) is 12.1 Å². The highest BCUT2D eigenvalue weighted by Gasteiger charge is 2.31. The van der Waals surface area contributed by atoms with Crippen LogP contribution < -0.4 is 5.43 Å². The average Bonchev–Trinajstić information content (AvgIpc) is 2.49. The second-order valence-corrected chi connectivity index (χ2v) is 5.03. The number of nitrogens with zero attached hydrogens (tertiary/aromatic N) is 2. The molecule has 2 rings (SSSR count). The zero-order valence-corrected chi connectivity index (χ0v) is 12.8. The first-order chi connectivity index (χ1) is 10.8. The van der Waals surface area contributed by atoms with E-state index in [1.807, 2.05) is 6.92 Å². The molecule has 0 atom stereocenters. The second-order valence-electron chi connectivity index (χ2n) is 4.62. The molecule has 23 heavy (non-hydrogen) atoms. The molecule has 2 N–H and O–H groups in total. The van der Waals surface area contributed by atoms with Crippen LogP contribution in [-0.4, -0.2) is 15.8 Å². The van der Waals surface area contributed by atoms with Crippen LogP contribution in [0.4, 0.5) is 19.0 Å². The van der Waals surface area contributed by atoms with Gasteiger partial charge >= 0.3 is 6.18 Å². The molecule has 0 aliphatic rings. The summed E-state index contributed by atoms with van der Waals surface area (Å²) in [7, 11) is 0. The number of rotatable bonds is 4. The van der Waals surface area contributed by atoms with Gasteiger partial charge in [-0.1, -0.05) is 18.5 Å². The topological polar surface area (TPSA) is 57.5 Å². The average molecular weight is 344 g/mol. The quantitative estimate of drug-likeness (QED) is 0.625. The molecule has 8 heteroatoms. The summed E-state index contributed by atoms with van der Waals surface area (Å²) < 4.78 is 37.7. The number of anilines is 1. The number of benzene rings is 1. The van der Waals surface area contributed by atoms with Crippen LogP contribution in [0, 0.1) is 0 Å². The minimum Gasteiger partial charge on any atom is -0.508 e. The third-order valence-electron chi connectivity index (χ3n) is 3.00. The Hall–Kier alpha value is -2.28. The van der Waals surface area contributed by atoms with Gasteiger partial charge in [-0.05, 0) is 42.3 Å². The molecule has 1 aromatic heterocycles. The van der Waals surface area contributed by atoms with Crippen molar-refractivity contribution in [3.8, 4) is 5.75 Å². The summed E-state index contributed by atoms with van der Waals surface area (Å²) in [6, 6.07) is 7.19. The number of pyridine rings is 1. The van der Waals surface area contributed by atoms with E-state index in [9.17, 15) is 18.3 Å². The van der Waals surface area contributed by atoms with Gasteiger partial charge in [0.2, 0.25) is 0 Å². The van der Waals surface area contributed by atoms with E-state index in [-0.39, 0.29) is 16.6 Å². The van der Waals surface area contributed by atoms with Crippen molar-refractivity contribution < 1.29 is 18.3 Å². The van der Waals surface area contributed by atoms with Gasteiger partial charge in [0.05, 0.1) is 16.3 Å². The SMILES string of the molecule is CCC(=NNc1ncc(C(F)(F)F)cc1Cl)c1ccc(O)cc1. The van der Waals surface area contributed by atoms with Crippen molar-refractivity contribution in [2.24, 2.45) is 5.10 Å². The van der Waals surface area contributed by atoms with Gasteiger partial charge < -0.3 is 5.11 Å². The Kier molecular flexibility index (Phi) is 5.10. The molecule has 1 heterocycles. The molecule has 0 saturated carbocycles. The number of hydrogen-bond donors (Lipinski definition) is 2. The highest BCUT2D eigenvalue weighted by Crippen LogP contribution is 2.32. The van der Waals surface area contributed by atoms with Crippen LogP contribution in [0.1, 0.15) is 24.5 Å². The van der Waals surface area contributed by atoms with E-state index in [4.69, 9.17) is 11.6 Å². The van der Waals surface area contributed by atoms with Crippen molar-refractivity contribution in [3.05, 3.63) is 52.7 Å². The van der Waals surface area contributed by atoms with Gasteiger partial charge in [0.25, 0.3) is 0 Å². The predicted octanol–water partition coefficient (Wildman–Crippen LogP) is 4.69. The van der Waals surface area contributed by atoms with E-state index in [0.717, 1.165) is 11.6 Å². The van der Waals surface area contributed by atoms with Crippen LogP contribution in [0.3, 0.4) is 0 Å². The maximum atomic E-state index is 12.6. The Morgan fingerprint density at radius 3 is 2.48 bits per heavy atom. The monoisotopic (exact) mass is 343 g/mol. The Morgan fingerprint density at radius 2 is 1.96 bits per heavy atom. The summed E-state index contributed by atoms with van der Waals surface area (Å²) in [6.07, 6.45) is -3.25. The van der Waals surface area contributed by atoms with Crippen molar-refractivity contribution in [1.29, 1.82) is 0 Å². The number of hydrazone groups is 1. The molecule has 0 amide bonds. The largest absolute Gasteiger partial charge is 0.508 e. The first-order valence-corrected chi connectivity index (χ1v) is 7.03. The normalized spacial score (nSPS) is 12.3. The summed E-state index contributed by atoms with van der Waals surface area (Å²) in [5.41, 5.74) is 3.05. The molecule has 0 bridgehead atoms. The van der Waals surface area contributed by atoms with Gasteiger partial charge in [0, 0.05) is 6.20 Å². The smallest absolute Gasteiger partial charge is 0.417 e. The van der Waals surface area contributed by atoms with E-state index >= 15 is 0 Å². The number of aromatic hydroxyl groups is 1. The number of nitrogens with one attached hydrogen (secondary N) is 1. The molecule has 0 spiro atoms. The zero-order valence-electron chi connectivity index (χ0n) is 12.0. The molecule has 1 aromatic carbocycles. The third-order valence-corrected chi connectivity index (χ3v) is 3.29. The van der Waals surface area contributed by atoms with E-state index in [1.54, 1.807) is 12.1 Å². The lowest BCUT2D eigenvalue weighted by Gasteiger charge is -2.10. The molecule has 0 radical (unpaired) electrons. The fourth-order valence-corrected chi connectivity index (χ4v) is 2.01. The minimum absolute atomic E-state index is 0.0318. The Bertz CT molecular complexity index is 715. The number of alkyl halides is 3. The summed E-state index contributed by atoms with van der Waals surface area (Å²) >= 11 is 5.80. The number of phenolic OH excluding ortho intramolecular Hbond substituents is 1. The van der Waals surface area contributed by atoms with Crippen molar-refractivity contribution in [3.63, 3.8) is 0 Å². The molecule has 0 unspecified atom stereocenters. The lowest BCUT2D eigenvalue weighted by atomic mass is 10.1. The van der Waals surface area contributed by atoms with Crippen LogP contribution >= 0.6 is 11.6 Å². The Morgan fingerprint density at radius 1 is 1.30 bits per heavy atom. The van der Waals surface area contributed by atoms with Gasteiger partial charge in [0.1, 0.15) is 5.75 Å². The standard InChI is InChI=1S/C15H13ClF3N3O/c1-2-13(9-3-5-11(23)6-4-9)21-22-14-12(16)7-10(8-20-14)15(17,18)19/h3-8,23H,2H2,1H3,(H,20,22). The van der Waals surface area contributed by atoms with Gasteiger partial charge in [-0.3, -0.25) is 5.43 Å². The molecule has 2 aromatic rings. The summed E-state index contributed by atoms with van der Waals surface area (Å²) in [5.74, 6) is 0.161. The van der Waals surface area contributed by atoms with Crippen LogP contribution in [0.5, 0.6) is 5.75 Å². The lowest BCUT2D eigenvalue weighted by molar-refractivity contribution is -0.137. The molecule has 0 aliphatic heterocycles. The fourth-order valence-electron chi connectivity index (χ4n) is 1.80. The van der Waals surface area contributed by atoms with E-state index in [0.29, 0.717) is 18.3 Å². The lowest BCUT2D eigenvalue weighted by Crippen LogP contribution is -2.07. The number of aromatic nitrogens is 1. The van der Waals surface area contributed by atoms with Gasteiger partial charge in [-0.25, -0.2) is 4.98 Å². The van der Waals surface area contributed by atoms with Gasteiger partial charge in [-0.15, -0.1) is 0 Å². The number of halogens is 4. The third kappa shape index (κ3) is 4.35. The van der Waals surface area contributed by atoms with Crippen LogP contribution in [0.25, 0.3) is 0 Å². The summed E-state index contributed by atoms with van der Waals surface area (Å²) in [4.78, 5) is 3.65. The fraction of sp³-hybridized carbons (Fsp3) is 0.200. The van der Waals surface area contributed by atoms with Crippen molar-refractivity contribution in [1.82, 2.24) is 4.98 Å². The minimum atomic E-state index is -4.50. The predicted molar refractivity (Wildman–Crippen MR) is 82.8 cm³/mol. The van der Waals surface area contributed by atoms with E-state index in [2.05, 4.69) is 15.5 Å². The maximum Gasteiger partial charge on any atom is 0.417 e. The van der Waals surface area contributed by atoms with Crippen LogP contribution in [0.2, 0.25) is 5.02 Å². The summed E-state index contributed by atoms with van der Waals surface area (Å²) in [6.45, 7) is 1.87.